The number of fused-ring (bicyclic) bond motifs is 1. The van der Waals surface area contributed by atoms with E-state index in [4.69, 9.17) is 5.11 Å². The third kappa shape index (κ3) is 2.20. The normalized spacial score (nSPS) is 19.8. The van der Waals surface area contributed by atoms with Gasteiger partial charge in [0.25, 0.3) is 0 Å². The van der Waals surface area contributed by atoms with Gasteiger partial charge in [-0.2, -0.15) is 0 Å². The number of hydrogen-bond donors (Lipinski definition) is 1. The Kier molecular flexibility index (Phi) is 3.26. The number of rotatable bonds is 3. The number of hydrogen-bond acceptors (Lipinski definition) is 2. The van der Waals surface area contributed by atoms with Gasteiger partial charge in [-0.05, 0) is 57.1 Å². The summed E-state index contributed by atoms with van der Waals surface area (Å²) in [5, 5.41) is 10.1. The smallest absolute Gasteiger partial charge is 0.335 e. The summed E-state index contributed by atoms with van der Waals surface area (Å²) in [5.41, 5.74) is 2.63. The average Bonchev–Trinajstić information content (AvgIpc) is 2.95. The standard InChI is InChI=1S/C16H20N2O2/c1-11-9-18(10-13-4-3-7-17(13)2)15-6-5-12(16(19)20)8-14(11)15/h5-6,8-9,13H,3-4,7,10H2,1-2H3,(H,19,20)/t13-/m1/s1. The van der Waals surface area contributed by atoms with Gasteiger partial charge in [0, 0.05) is 29.7 Å². The van der Waals surface area contributed by atoms with E-state index in [9.17, 15) is 4.79 Å². The van der Waals surface area contributed by atoms with Crippen LogP contribution in [0.15, 0.2) is 24.4 Å². The Hall–Kier alpha value is -1.81. The largest absolute Gasteiger partial charge is 0.478 e. The number of nitrogens with zero attached hydrogens (tertiary/aromatic N) is 2. The van der Waals surface area contributed by atoms with E-state index >= 15 is 0 Å². The van der Waals surface area contributed by atoms with E-state index in [2.05, 4.69) is 22.7 Å². The monoisotopic (exact) mass is 272 g/mol. The maximum Gasteiger partial charge on any atom is 0.335 e. The number of likely N-dealkylation sites (tertiary alicyclic amines) is 1. The van der Waals surface area contributed by atoms with Crippen LogP contribution in [-0.4, -0.2) is 40.2 Å². The summed E-state index contributed by atoms with van der Waals surface area (Å²) in [7, 11) is 2.18. The van der Waals surface area contributed by atoms with Crippen LogP contribution in [0.3, 0.4) is 0 Å². The Bertz CT molecular complexity index is 660. The topological polar surface area (TPSA) is 45.5 Å². The number of aromatic nitrogens is 1. The van der Waals surface area contributed by atoms with Crippen molar-refractivity contribution in [3.8, 4) is 0 Å². The maximum absolute atomic E-state index is 11.1. The lowest BCUT2D eigenvalue weighted by Crippen LogP contribution is -2.29. The van der Waals surface area contributed by atoms with Crippen molar-refractivity contribution in [3.05, 3.63) is 35.5 Å². The van der Waals surface area contributed by atoms with Crippen molar-refractivity contribution in [2.75, 3.05) is 13.6 Å². The average molecular weight is 272 g/mol. The van der Waals surface area contributed by atoms with Crippen LogP contribution >= 0.6 is 0 Å². The summed E-state index contributed by atoms with van der Waals surface area (Å²) in [5.74, 6) is -0.866. The quantitative estimate of drug-likeness (QED) is 0.934. The first-order valence-corrected chi connectivity index (χ1v) is 7.09. The number of aryl methyl sites for hydroxylation is 1. The third-order valence-corrected chi connectivity index (χ3v) is 4.41. The fourth-order valence-electron chi connectivity index (χ4n) is 3.20. The van der Waals surface area contributed by atoms with Gasteiger partial charge in [0.05, 0.1) is 5.56 Å². The minimum absolute atomic E-state index is 0.358. The first-order chi connectivity index (χ1) is 9.56. The van der Waals surface area contributed by atoms with Gasteiger partial charge in [0.1, 0.15) is 0 Å². The van der Waals surface area contributed by atoms with E-state index in [1.165, 1.54) is 19.4 Å². The van der Waals surface area contributed by atoms with Gasteiger partial charge in [-0.1, -0.05) is 0 Å². The first-order valence-electron chi connectivity index (χ1n) is 7.09. The third-order valence-electron chi connectivity index (χ3n) is 4.41. The molecule has 0 amide bonds. The van der Waals surface area contributed by atoms with Crippen LogP contribution in [0.2, 0.25) is 0 Å². The molecule has 106 valence electrons. The van der Waals surface area contributed by atoms with Gasteiger partial charge in [-0.3, -0.25) is 0 Å². The van der Waals surface area contributed by atoms with Gasteiger partial charge < -0.3 is 14.6 Å². The molecule has 1 aromatic carbocycles. The Balaban J connectivity index is 1.98. The molecule has 3 rings (SSSR count). The molecule has 1 atom stereocenters. The summed E-state index contributed by atoms with van der Waals surface area (Å²) in [6.07, 6.45) is 4.65. The summed E-state index contributed by atoms with van der Waals surface area (Å²) in [6, 6.07) is 5.99. The molecule has 1 N–H and O–H groups in total. The van der Waals surface area contributed by atoms with Crippen molar-refractivity contribution in [2.24, 2.45) is 0 Å². The number of benzene rings is 1. The van der Waals surface area contributed by atoms with Crippen molar-refractivity contribution >= 4 is 16.9 Å². The Morgan fingerprint density at radius 1 is 1.45 bits per heavy atom. The van der Waals surface area contributed by atoms with E-state index in [0.717, 1.165) is 23.0 Å². The number of carbonyl (C=O) groups is 1. The Labute approximate surface area is 118 Å². The van der Waals surface area contributed by atoms with Crippen LogP contribution in [0.5, 0.6) is 0 Å². The molecule has 0 radical (unpaired) electrons. The van der Waals surface area contributed by atoms with Gasteiger partial charge in [0.15, 0.2) is 0 Å². The fourth-order valence-corrected chi connectivity index (χ4v) is 3.20. The molecule has 1 aliphatic rings. The molecule has 0 aliphatic carbocycles. The second kappa shape index (κ2) is 4.94. The highest BCUT2D eigenvalue weighted by Crippen LogP contribution is 2.25. The molecule has 0 unspecified atom stereocenters. The molecule has 20 heavy (non-hydrogen) atoms. The molecule has 1 aromatic heterocycles. The lowest BCUT2D eigenvalue weighted by atomic mass is 10.1. The zero-order valence-electron chi connectivity index (χ0n) is 12.0. The predicted molar refractivity (Wildman–Crippen MR) is 79.3 cm³/mol. The van der Waals surface area contributed by atoms with Crippen LogP contribution in [0.1, 0.15) is 28.8 Å². The molecule has 2 aromatic rings. The van der Waals surface area contributed by atoms with Crippen LogP contribution < -0.4 is 0 Å². The van der Waals surface area contributed by atoms with Crippen molar-refractivity contribution in [2.45, 2.75) is 32.4 Å². The number of aromatic carboxylic acids is 1. The van der Waals surface area contributed by atoms with Crippen LogP contribution in [-0.2, 0) is 6.54 Å². The van der Waals surface area contributed by atoms with Gasteiger partial charge in [-0.25, -0.2) is 4.79 Å². The molecule has 1 aliphatic heterocycles. The summed E-state index contributed by atoms with van der Waals surface area (Å²) < 4.78 is 2.27. The lowest BCUT2D eigenvalue weighted by molar-refractivity contribution is 0.0697. The van der Waals surface area contributed by atoms with E-state index < -0.39 is 5.97 Å². The number of carboxylic acid groups (broad SMARTS) is 1. The highest BCUT2D eigenvalue weighted by Gasteiger charge is 2.22. The minimum Gasteiger partial charge on any atom is -0.478 e. The van der Waals surface area contributed by atoms with Crippen LogP contribution in [0, 0.1) is 6.92 Å². The van der Waals surface area contributed by atoms with Crippen molar-refractivity contribution in [1.82, 2.24) is 9.47 Å². The summed E-state index contributed by atoms with van der Waals surface area (Å²) >= 11 is 0. The predicted octanol–water partition coefficient (Wildman–Crippen LogP) is 2.74. The second-order valence-electron chi connectivity index (χ2n) is 5.78. The summed E-state index contributed by atoms with van der Waals surface area (Å²) in [4.78, 5) is 13.5. The highest BCUT2D eigenvalue weighted by molar-refractivity contribution is 5.94. The Morgan fingerprint density at radius 2 is 2.25 bits per heavy atom. The molecule has 1 saturated heterocycles. The summed E-state index contributed by atoms with van der Waals surface area (Å²) in [6.45, 7) is 4.20. The van der Waals surface area contributed by atoms with Gasteiger partial charge >= 0.3 is 5.97 Å². The van der Waals surface area contributed by atoms with Crippen molar-refractivity contribution in [1.29, 1.82) is 0 Å². The fraction of sp³-hybridized carbons (Fsp3) is 0.438. The van der Waals surface area contributed by atoms with E-state index in [1.54, 1.807) is 12.1 Å². The molecule has 1 fully saturated rings. The molecule has 0 saturated carbocycles. The highest BCUT2D eigenvalue weighted by atomic mass is 16.4. The molecule has 4 nitrogen and oxygen atoms in total. The molecule has 0 bridgehead atoms. The lowest BCUT2D eigenvalue weighted by Gasteiger charge is -2.20. The van der Waals surface area contributed by atoms with Crippen LogP contribution in [0.4, 0.5) is 0 Å². The molecule has 2 heterocycles. The van der Waals surface area contributed by atoms with Crippen molar-refractivity contribution in [3.63, 3.8) is 0 Å². The maximum atomic E-state index is 11.1. The van der Waals surface area contributed by atoms with Gasteiger partial charge in [0.2, 0.25) is 0 Å². The van der Waals surface area contributed by atoms with Gasteiger partial charge in [-0.15, -0.1) is 0 Å². The van der Waals surface area contributed by atoms with Crippen LogP contribution in [0.25, 0.3) is 10.9 Å². The van der Waals surface area contributed by atoms with E-state index in [-0.39, 0.29) is 0 Å². The molecular weight excluding hydrogens is 252 g/mol. The minimum atomic E-state index is -0.866. The first kappa shape index (κ1) is 13.2. The molecule has 4 heteroatoms. The van der Waals surface area contributed by atoms with E-state index in [1.807, 2.05) is 13.0 Å². The SMILES string of the molecule is Cc1cn(C[C@H]2CCCN2C)c2ccc(C(=O)O)cc12. The van der Waals surface area contributed by atoms with E-state index in [0.29, 0.717) is 11.6 Å². The number of carboxylic acids is 1. The zero-order valence-corrected chi connectivity index (χ0v) is 12.0. The Morgan fingerprint density at radius 3 is 2.90 bits per heavy atom. The number of likely N-dealkylation sites (N-methyl/N-ethyl adjacent to an activating group) is 1. The van der Waals surface area contributed by atoms with Crippen molar-refractivity contribution < 1.29 is 9.90 Å². The second-order valence-corrected chi connectivity index (χ2v) is 5.78. The molecule has 0 spiro atoms. The molecular formula is C16H20N2O2. The zero-order chi connectivity index (χ0) is 14.3.